The third-order valence-electron chi connectivity index (χ3n) is 2.30. The Morgan fingerprint density at radius 2 is 1.50 bits per heavy atom. The van der Waals surface area contributed by atoms with Crippen LogP contribution < -0.4 is 5.73 Å². The number of fused-ring (bicyclic) bond motifs is 1. The maximum absolute atomic E-state index is 10.2. The minimum absolute atomic E-state index is 0.366. The average molecular weight is 256 g/mol. The Hall–Kier alpha value is -2.20. The number of amides is 1. The largest absolute Gasteiger partial charge is 0.364 e. The van der Waals surface area contributed by atoms with E-state index in [0.717, 1.165) is 0 Å². The van der Waals surface area contributed by atoms with Crippen molar-refractivity contribution in [3.8, 4) is 0 Å². The lowest BCUT2D eigenvalue weighted by Gasteiger charge is -1.92. The molecule has 1 heterocycles. The summed E-state index contributed by atoms with van der Waals surface area (Å²) in [7, 11) is 0. The lowest BCUT2D eigenvalue weighted by Crippen LogP contribution is -2.09. The SMILES string of the molecule is NC(=O)c1nccs1.c1ccc2ccccc2c1. The number of nitrogens with two attached hydrogens (primary N) is 1. The Bertz CT molecular complexity index is 570. The van der Waals surface area contributed by atoms with Crippen molar-refractivity contribution in [2.75, 3.05) is 0 Å². The molecule has 0 aliphatic carbocycles. The molecule has 0 saturated carbocycles. The Labute approximate surface area is 109 Å². The molecule has 2 N–H and O–H groups in total. The van der Waals surface area contributed by atoms with Crippen molar-refractivity contribution in [2.45, 2.75) is 0 Å². The number of hydrogen-bond acceptors (Lipinski definition) is 3. The molecule has 0 aliphatic heterocycles. The van der Waals surface area contributed by atoms with E-state index in [-0.39, 0.29) is 0 Å². The first-order valence-corrected chi connectivity index (χ1v) is 6.28. The Morgan fingerprint density at radius 1 is 1.00 bits per heavy atom. The zero-order valence-corrected chi connectivity index (χ0v) is 10.4. The zero-order chi connectivity index (χ0) is 12.8. The van der Waals surface area contributed by atoms with E-state index in [2.05, 4.69) is 53.5 Å². The van der Waals surface area contributed by atoms with E-state index in [4.69, 9.17) is 5.73 Å². The predicted molar refractivity (Wildman–Crippen MR) is 74.6 cm³/mol. The number of carbonyl (C=O) groups is 1. The van der Waals surface area contributed by atoms with Gasteiger partial charge < -0.3 is 5.73 Å². The number of benzene rings is 2. The maximum Gasteiger partial charge on any atom is 0.277 e. The van der Waals surface area contributed by atoms with Crippen LogP contribution >= 0.6 is 11.3 Å². The van der Waals surface area contributed by atoms with E-state index in [1.165, 1.54) is 22.1 Å². The second-order valence-electron chi connectivity index (χ2n) is 3.55. The van der Waals surface area contributed by atoms with E-state index >= 15 is 0 Å². The van der Waals surface area contributed by atoms with Crippen molar-refractivity contribution < 1.29 is 4.79 Å². The average Bonchev–Trinajstić information content (AvgIpc) is 2.94. The van der Waals surface area contributed by atoms with Crippen LogP contribution in [0.15, 0.2) is 60.1 Å². The van der Waals surface area contributed by atoms with Crippen molar-refractivity contribution in [3.05, 3.63) is 65.1 Å². The first-order chi connectivity index (χ1) is 8.77. The van der Waals surface area contributed by atoms with E-state index in [1.807, 2.05) is 0 Å². The monoisotopic (exact) mass is 256 g/mol. The van der Waals surface area contributed by atoms with E-state index in [9.17, 15) is 4.79 Å². The minimum Gasteiger partial charge on any atom is -0.364 e. The number of hydrogen-bond donors (Lipinski definition) is 1. The van der Waals surface area contributed by atoms with Crippen LogP contribution in [0.4, 0.5) is 0 Å². The van der Waals surface area contributed by atoms with Gasteiger partial charge in [0.05, 0.1) is 0 Å². The number of primary amides is 1. The maximum atomic E-state index is 10.2. The molecule has 0 aliphatic rings. The Morgan fingerprint density at radius 3 is 1.78 bits per heavy atom. The van der Waals surface area contributed by atoms with Gasteiger partial charge in [-0.25, -0.2) is 4.98 Å². The van der Waals surface area contributed by atoms with Gasteiger partial charge in [-0.05, 0) is 10.8 Å². The molecule has 0 fully saturated rings. The van der Waals surface area contributed by atoms with Crippen LogP contribution in [0.5, 0.6) is 0 Å². The fourth-order valence-corrected chi connectivity index (χ4v) is 1.97. The molecule has 3 nitrogen and oxygen atoms in total. The zero-order valence-electron chi connectivity index (χ0n) is 9.61. The molecule has 1 amide bonds. The topological polar surface area (TPSA) is 56.0 Å². The smallest absolute Gasteiger partial charge is 0.277 e. The highest BCUT2D eigenvalue weighted by Crippen LogP contribution is 2.11. The third-order valence-corrected chi connectivity index (χ3v) is 3.09. The summed E-state index contributed by atoms with van der Waals surface area (Å²) in [5.74, 6) is -0.458. The van der Waals surface area contributed by atoms with Crippen molar-refractivity contribution in [1.29, 1.82) is 0 Å². The van der Waals surface area contributed by atoms with Crippen LogP contribution in [0.2, 0.25) is 0 Å². The van der Waals surface area contributed by atoms with Gasteiger partial charge in [-0.3, -0.25) is 4.79 Å². The van der Waals surface area contributed by atoms with Gasteiger partial charge in [0.1, 0.15) is 0 Å². The summed E-state index contributed by atoms with van der Waals surface area (Å²) in [6.45, 7) is 0. The van der Waals surface area contributed by atoms with Gasteiger partial charge in [0.2, 0.25) is 0 Å². The molecule has 0 radical (unpaired) electrons. The van der Waals surface area contributed by atoms with Crippen molar-refractivity contribution in [2.24, 2.45) is 5.73 Å². The van der Waals surface area contributed by atoms with Crippen molar-refractivity contribution in [3.63, 3.8) is 0 Å². The highest BCUT2D eigenvalue weighted by molar-refractivity contribution is 7.11. The number of nitrogens with zero attached hydrogens (tertiary/aromatic N) is 1. The van der Waals surface area contributed by atoms with E-state index < -0.39 is 5.91 Å². The summed E-state index contributed by atoms with van der Waals surface area (Å²) >= 11 is 1.25. The fraction of sp³-hybridized carbons (Fsp3) is 0. The van der Waals surface area contributed by atoms with Gasteiger partial charge in [-0.15, -0.1) is 11.3 Å². The molecule has 4 heteroatoms. The van der Waals surface area contributed by atoms with Crippen LogP contribution in [-0.2, 0) is 0 Å². The number of aromatic nitrogens is 1. The summed E-state index contributed by atoms with van der Waals surface area (Å²) in [5.41, 5.74) is 4.87. The van der Waals surface area contributed by atoms with Crippen molar-refractivity contribution in [1.82, 2.24) is 4.98 Å². The van der Waals surface area contributed by atoms with Crippen LogP contribution in [0.3, 0.4) is 0 Å². The fourth-order valence-electron chi connectivity index (χ4n) is 1.48. The molecule has 3 aromatic rings. The van der Waals surface area contributed by atoms with Gasteiger partial charge in [0.25, 0.3) is 5.91 Å². The number of carbonyl (C=O) groups excluding carboxylic acids is 1. The molecule has 0 bridgehead atoms. The lowest BCUT2D eigenvalue weighted by molar-refractivity contribution is 0.1000. The molecule has 0 unspecified atom stereocenters. The number of rotatable bonds is 1. The molecule has 0 atom stereocenters. The Balaban J connectivity index is 0.000000138. The second-order valence-corrected chi connectivity index (χ2v) is 4.44. The van der Waals surface area contributed by atoms with Gasteiger partial charge >= 0.3 is 0 Å². The minimum atomic E-state index is -0.458. The van der Waals surface area contributed by atoms with Gasteiger partial charge in [0, 0.05) is 11.6 Å². The molecular weight excluding hydrogens is 244 g/mol. The molecule has 18 heavy (non-hydrogen) atoms. The van der Waals surface area contributed by atoms with Crippen LogP contribution in [0.25, 0.3) is 10.8 Å². The third kappa shape index (κ3) is 3.15. The van der Waals surface area contributed by atoms with E-state index in [1.54, 1.807) is 11.6 Å². The summed E-state index contributed by atoms with van der Waals surface area (Å²) in [6, 6.07) is 16.7. The normalized spacial score (nSPS) is 9.56. The van der Waals surface area contributed by atoms with Crippen molar-refractivity contribution >= 4 is 28.0 Å². The summed E-state index contributed by atoms with van der Waals surface area (Å²) in [5, 5.41) is 4.69. The predicted octanol–water partition coefficient (Wildman–Crippen LogP) is 3.08. The van der Waals surface area contributed by atoms with Crippen LogP contribution in [0.1, 0.15) is 9.80 Å². The summed E-state index contributed by atoms with van der Waals surface area (Å²) in [6.07, 6.45) is 1.55. The van der Waals surface area contributed by atoms with Gasteiger partial charge in [-0.1, -0.05) is 48.5 Å². The first-order valence-electron chi connectivity index (χ1n) is 5.40. The molecule has 0 saturated heterocycles. The Kier molecular flexibility index (Phi) is 4.04. The number of thiazole rings is 1. The molecule has 1 aromatic heterocycles. The summed E-state index contributed by atoms with van der Waals surface area (Å²) < 4.78 is 0. The molecule has 0 spiro atoms. The lowest BCUT2D eigenvalue weighted by atomic mass is 10.1. The first kappa shape index (κ1) is 12.3. The standard InChI is InChI=1S/C10H8.C4H4N2OS/c1-2-6-10-8-4-3-7-9(10)5-1;5-3(7)4-6-1-2-8-4/h1-8H;1-2H,(H2,5,7). The van der Waals surface area contributed by atoms with Crippen LogP contribution in [0, 0.1) is 0 Å². The highest BCUT2D eigenvalue weighted by Gasteiger charge is 1.98. The summed E-state index contributed by atoms with van der Waals surface area (Å²) in [4.78, 5) is 13.9. The quantitative estimate of drug-likeness (QED) is 0.727. The molecule has 3 rings (SSSR count). The second kappa shape index (κ2) is 5.93. The highest BCUT2D eigenvalue weighted by atomic mass is 32.1. The molecule has 2 aromatic carbocycles. The molecular formula is C14H12N2OS. The van der Waals surface area contributed by atoms with Gasteiger partial charge in [0.15, 0.2) is 5.01 Å². The van der Waals surface area contributed by atoms with E-state index in [0.29, 0.717) is 5.01 Å². The van der Waals surface area contributed by atoms with Crippen LogP contribution in [-0.4, -0.2) is 10.9 Å². The van der Waals surface area contributed by atoms with Gasteiger partial charge in [-0.2, -0.15) is 0 Å². The molecule has 90 valence electrons.